The number of esters is 1. The lowest BCUT2D eigenvalue weighted by Gasteiger charge is -2.05. The maximum Gasteiger partial charge on any atom is 0.320 e. The normalized spacial score (nSPS) is 11.2. The van der Waals surface area contributed by atoms with Crippen LogP contribution in [0.1, 0.15) is 5.56 Å². The highest BCUT2D eigenvalue weighted by Gasteiger charge is 2.18. The highest BCUT2D eigenvalue weighted by Crippen LogP contribution is 2.19. The van der Waals surface area contributed by atoms with E-state index in [1.807, 2.05) is 0 Å². The molecular formula is C10H12BrNO4S. The van der Waals surface area contributed by atoms with Crippen LogP contribution in [0.3, 0.4) is 0 Å². The van der Waals surface area contributed by atoms with Crippen LogP contribution >= 0.6 is 15.9 Å². The van der Waals surface area contributed by atoms with Crippen LogP contribution in [0.5, 0.6) is 0 Å². The second-order valence-electron chi connectivity index (χ2n) is 3.50. The van der Waals surface area contributed by atoms with Gasteiger partial charge < -0.3 is 10.5 Å². The number of methoxy groups -OCH3 is 1. The first kappa shape index (κ1) is 14.0. The van der Waals surface area contributed by atoms with Gasteiger partial charge in [0.05, 0.1) is 12.9 Å². The van der Waals surface area contributed by atoms with Gasteiger partial charge in [-0.05, 0) is 23.8 Å². The average Bonchev–Trinajstić information content (AvgIpc) is 2.13. The van der Waals surface area contributed by atoms with Gasteiger partial charge in [-0.25, -0.2) is 8.42 Å². The molecule has 0 aliphatic carbocycles. The minimum Gasteiger partial charge on any atom is -0.468 e. The Morgan fingerprint density at radius 3 is 2.59 bits per heavy atom. The molecule has 0 heterocycles. The first-order valence-electron chi connectivity index (χ1n) is 4.64. The van der Waals surface area contributed by atoms with Crippen molar-refractivity contribution in [2.45, 2.75) is 5.75 Å². The number of carbonyl (C=O) groups excluding carboxylic acids is 1. The Bertz CT molecular complexity index is 507. The number of halogens is 1. The van der Waals surface area contributed by atoms with Gasteiger partial charge in [0.25, 0.3) is 0 Å². The summed E-state index contributed by atoms with van der Waals surface area (Å²) >= 11 is 3.22. The summed E-state index contributed by atoms with van der Waals surface area (Å²) in [5, 5.41) is 0. The molecule has 0 saturated heterocycles. The monoisotopic (exact) mass is 321 g/mol. The third-order valence-electron chi connectivity index (χ3n) is 1.93. The first-order chi connectivity index (χ1) is 7.82. The molecule has 0 fully saturated rings. The summed E-state index contributed by atoms with van der Waals surface area (Å²) in [6.45, 7) is 0. The smallest absolute Gasteiger partial charge is 0.320 e. The summed E-state index contributed by atoms with van der Waals surface area (Å²) in [6, 6.07) is 4.86. The van der Waals surface area contributed by atoms with Gasteiger partial charge >= 0.3 is 5.97 Å². The maximum absolute atomic E-state index is 11.6. The minimum atomic E-state index is -3.53. The van der Waals surface area contributed by atoms with E-state index in [0.717, 1.165) is 7.11 Å². The van der Waals surface area contributed by atoms with Gasteiger partial charge in [-0.15, -0.1) is 0 Å². The molecule has 0 aliphatic rings. The van der Waals surface area contributed by atoms with Crippen LogP contribution in [0.2, 0.25) is 0 Å². The van der Waals surface area contributed by atoms with E-state index in [1.165, 1.54) is 0 Å². The zero-order chi connectivity index (χ0) is 13.1. The molecule has 5 nitrogen and oxygen atoms in total. The van der Waals surface area contributed by atoms with E-state index in [-0.39, 0.29) is 5.75 Å². The standard InChI is InChI=1S/C10H12BrNO4S/c1-16-10(13)6-17(14,15)5-7-2-8(11)4-9(12)3-7/h2-4H,5-6,12H2,1H3. The number of nitrogens with two attached hydrogens (primary N) is 1. The van der Waals surface area contributed by atoms with Crippen molar-refractivity contribution < 1.29 is 17.9 Å². The summed E-state index contributed by atoms with van der Waals surface area (Å²) in [7, 11) is -2.38. The van der Waals surface area contributed by atoms with Crippen LogP contribution in [0.4, 0.5) is 5.69 Å². The Morgan fingerprint density at radius 1 is 1.41 bits per heavy atom. The van der Waals surface area contributed by atoms with Gasteiger partial charge in [-0.3, -0.25) is 4.79 Å². The van der Waals surface area contributed by atoms with Gasteiger partial charge in [0.15, 0.2) is 9.84 Å². The molecule has 0 saturated carbocycles. The number of hydrogen-bond donors (Lipinski definition) is 1. The highest BCUT2D eigenvalue weighted by atomic mass is 79.9. The van der Waals surface area contributed by atoms with Gasteiger partial charge in [0.1, 0.15) is 5.75 Å². The highest BCUT2D eigenvalue weighted by molar-refractivity contribution is 9.10. The van der Waals surface area contributed by atoms with E-state index in [1.54, 1.807) is 18.2 Å². The van der Waals surface area contributed by atoms with Crippen molar-refractivity contribution in [3.05, 3.63) is 28.2 Å². The lowest BCUT2D eigenvalue weighted by molar-refractivity contribution is -0.137. The molecule has 7 heteroatoms. The summed E-state index contributed by atoms with van der Waals surface area (Å²) in [4.78, 5) is 10.9. The van der Waals surface area contributed by atoms with Gasteiger partial charge in [-0.1, -0.05) is 15.9 Å². The van der Waals surface area contributed by atoms with E-state index >= 15 is 0 Å². The van der Waals surface area contributed by atoms with Crippen molar-refractivity contribution in [2.24, 2.45) is 0 Å². The molecule has 1 rings (SSSR count). The van der Waals surface area contributed by atoms with Crippen molar-refractivity contribution in [2.75, 3.05) is 18.6 Å². The minimum absolute atomic E-state index is 0.244. The molecule has 0 unspecified atom stereocenters. The van der Waals surface area contributed by atoms with E-state index in [4.69, 9.17) is 5.73 Å². The predicted octanol–water partition coefficient (Wildman–Crippen LogP) is 1.12. The van der Waals surface area contributed by atoms with Crippen LogP contribution in [0.25, 0.3) is 0 Å². The van der Waals surface area contributed by atoms with E-state index in [9.17, 15) is 13.2 Å². The largest absolute Gasteiger partial charge is 0.468 e. The molecule has 17 heavy (non-hydrogen) atoms. The fraction of sp³-hybridized carbons (Fsp3) is 0.300. The fourth-order valence-corrected chi connectivity index (χ4v) is 3.11. The van der Waals surface area contributed by atoms with Crippen LogP contribution in [0.15, 0.2) is 22.7 Å². The molecule has 0 radical (unpaired) electrons. The second kappa shape index (κ2) is 5.50. The predicted molar refractivity (Wildman–Crippen MR) is 68.1 cm³/mol. The number of nitrogen functional groups attached to an aromatic ring is 1. The zero-order valence-corrected chi connectivity index (χ0v) is 11.5. The quantitative estimate of drug-likeness (QED) is 0.663. The van der Waals surface area contributed by atoms with Crippen molar-refractivity contribution in [1.29, 1.82) is 0 Å². The zero-order valence-electron chi connectivity index (χ0n) is 9.14. The molecule has 0 atom stereocenters. The summed E-state index contributed by atoms with van der Waals surface area (Å²) in [5.74, 6) is -1.64. The van der Waals surface area contributed by atoms with Gasteiger partial charge in [0.2, 0.25) is 0 Å². The number of carbonyl (C=O) groups is 1. The van der Waals surface area contributed by atoms with Crippen molar-refractivity contribution in [3.63, 3.8) is 0 Å². The van der Waals surface area contributed by atoms with Crippen molar-refractivity contribution >= 4 is 37.4 Å². The lowest BCUT2D eigenvalue weighted by Crippen LogP contribution is -2.18. The third kappa shape index (κ3) is 4.74. The van der Waals surface area contributed by atoms with E-state index < -0.39 is 21.6 Å². The van der Waals surface area contributed by atoms with Gasteiger partial charge in [-0.2, -0.15) is 0 Å². The first-order valence-corrected chi connectivity index (χ1v) is 7.26. The average molecular weight is 322 g/mol. The maximum atomic E-state index is 11.6. The number of rotatable bonds is 4. The topological polar surface area (TPSA) is 86.5 Å². The van der Waals surface area contributed by atoms with Crippen LogP contribution < -0.4 is 5.73 Å². The van der Waals surface area contributed by atoms with Gasteiger partial charge in [0, 0.05) is 10.2 Å². The summed E-state index contributed by atoms with van der Waals surface area (Å²) in [6.07, 6.45) is 0. The molecule has 0 bridgehead atoms. The molecule has 0 spiro atoms. The van der Waals surface area contributed by atoms with Crippen molar-refractivity contribution in [3.8, 4) is 0 Å². The molecule has 0 aromatic heterocycles. The van der Waals surface area contributed by atoms with E-state index in [2.05, 4.69) is 20.7 Å². The molecule has 94 valence electrons. The molecular weight excluding hydrogens is 310 g/mol. The summed E-state index contributed by atoms with van der Waals surface area (Å²) in [5.41, 5.74) is 6.58. The number of hydrogen-bond acceptors (Lipinski definition) is 5. The number of ether oxygens (including phenoxy) is 1. The van der Waals surface area contributed by atoms with E-state index in [0.29, 0.717) is 15.7 Å². The lowest BCUT2D eigenvalue weighted by atomic mass is 10.2. The Kier molecular flexibility index (Phi) is 4.53. The summed E-state index contributed by atoms with van der Waals surface area (Å²) < 4.78 is 28.3. The molecule has 2 N–H and O–H groups in total. The third-order valence-corrected chi connectivity index (χ3v) is 3.84. The second-order valence-corrected chi connectivity index (χ2v) is 6.48. The molecule has 0 amide bonds. The Morgan fingerprint density at radius 2 is 2.06 bits per heavy atom. The van der Waals surface area contributed by atoms with Crippen LogP contribution in [0, 0.1) is 0 Å². The molecule has 1 aromatic carbocycles. The number of benzene rings is 1. The molecule has 0 aliphatic heterocycles. The Hall–Kier alpha value is -1.08. The van der Waals surface area contributed by atoms with Crippen LogP contribution in [-0.2, 0) is 25.1 Å². The van der Waals surface area contributed by atoms with Crippen molar-refractivity contribution in [1.82, 2.24) is 0 Å². The SMILES string of the molecule is COC(=O)CS(=O)(=O)Cc1cc(N)cc(Br)c1. The number of sulfone groups is 1. The fourth-order valence-electron chi connectivity index (χ4n) is 1.30. The molecule has 1 aromatic rings. The Labute approximate surface area is 108 Å². The van der Waals surface area contributed by atoms with Crippen LogP contribution in [-0.4, -0.2) is 27.2 Å². The number of anilines is 1. The Balaban J connectivity index is 2.86.